The van der Waals surface area contributed by atoms with Crippen molar-refractivity contribution < 1.29 is 9.59 Å². The zero-order valence-corrected chi connectivity index (χ0v) is 15.5. The molecule has 0 unspecified atom stereocenters. The highest BCUT2D eigenvalue weighted by Crippen LogP contribution is 2.19. The van der Waals surface area contributed by atoms with Gasteiger partial charge in [0.05, 0.1) is 13.1 Å². The van der Waals surface area contributed by atoms with Gasteiger partial charge in [-0.25, -0.2) is 0 Å². The van der Waals surface area contributed by atoms with Crippen molar-refractivity contribution in [2.45, 2.75) is 27.7 Å². The van der Waals surface area contributed by atoms with Gasteiger partial charge in [-0.2, -0.15) is 0 Å². The van der Waals surface area contributed by atoms with Crippen LogP contribution in [-0.4, -0.2) is 54.8 Å². The molecule has 1 aromatic carbocycles. The molecule has 1 aromatic rings. The number of anilines is 1. The molecule has 0 bridgehead atoms. The van der Waals surface area contributed by atoms with E-state index in [4.69, 9.17) is 0 Å². The van der Waals surface area contributed by atoms with Crippen LogP contribution in [-0.2, 0) is 9.59 Å². The highest BCUT2D eigenvalue weighted by Gasteiger charge is 2.16. The lowest BCUT2D eigenvalue weighted by atomic mass is 10.1. The molecule has 2 amide bonds. The van der Waals surface area contributed by atoms with E-state index in [1.54, 1.807) is 16.8 Å². The standard InChI is InChI=1S/C19H29N3O2/c1-7-22(11-14(2)3)18(24)13-21(6)12-17(23)20-19-15(4)9-8-10-16(19)5/h8-10H,2,7,11-13H2,1,3-6H3,(H,20,23). The van der Waals surface area contributed by atoms with Gasteiger partial charge in [0.1, 0.15) is 0 Å². The van der Waals surface area contributed by atoms with Gasteiger partial charge in [-0.1, -0.05) is 30.4 Å². The fourth-order valence-electron chi connectivity index (χ4n) is 2.52. The number of carbonyl (C=O) groups excluding carboxylic acids is 2. The van der Waals surface area contributed by atoms with Crippen LogP contribution >= 0.6 is 0 Å². The third-order valence-corrected chi connectivity index (χ3v) is 3.76. The van der Waals surface area contributed by atoms with E-state index in [0.29, 0.717) is 13.1 Å². The number of aryl methyl sites for hydroxylation is 2. The van der Waals surface area contributed by atoms with Crippen molar-refractivity contribution >= 4 is 17.5 Å². The van der Waals surface area contributed by atoms with Gasteiger partial charge in [0, 0.05) is 18.8 Å². The molecule has 0 fully saturated rings. The van der Waals surface area contributed by atoms with Crippen LogP contribution in [0.15, 0.2) is 30.4 Å². The molecule has 0 radical (unpaired) electrons. The second-order valence-corrected chi connectivity index (χ2v) is 6.35. The molecule has 0 heterocycles. The Balaban J connectivity index is 2.58. The molecule has 0 saturated heterocycles. The van der Waals surface area contributed by atoms with E-state index in [1.807, 2.05) is 45.9 Å². The van der Waals surface area contributed by atoms with Gasteiger partial charge in [-0.15, -0.1) is 0 Å². The van der Waals surface area contributed by atoms with Crippen LogP contribution in [0.2, 0.25) is 0 Å². The molecule has 5 heteroatoms. The van der Waals surface area contributed by atoms with E-state index in [0.717, 1.165) is 22.4 Å². The van der Waals surface area contributed by atoms with Crippen molar-refractivity contribution in [3.63, 3.8) is 0 Å². The van der Waals surface area contributed by atoms with Crippen LogP contribution < -0.4 is 5.32 Å². The number of hydrogen-bond donors (Lipinski definition) is 1. The molecular formula is C19H29N3O2. The van der Waals surface area contributed by atoms with Gasteiger partial charge in [-0.3, -0.25) is 14.5 Å². The normalized spacial score (nSPS) is 10.6. The van der Waals surface area contributed by atoms with Gasteiger partial charge in [0.2, 0.25) is 11.8 Å². The molecule has 0 aliphatic heterocycles. The molecule has 1 N–H and O–H groups in total. The number of hydrogen-bond acceptors (Lipinski definition) is 3. The molecule has 0 aromatic heterocycles. The number of nitrogens with zero attached hydrogens (tertiary/aromatic N) is 2. The summed E-state index contributed by atoms with van der Waals surface area (Å²) < 4.78 is 0. The number of para-hydroxylation sites is 1. The lowest BCUT2D eigenvalue weighted by Gasteiger charge is -2.24. The third kappa shape index (κ3) is 6.16. The van der Waals surface area contributed by atoms with E-state index in [2.05, 4.69) is 11.9 Å². The number of benzene rings is 1. The maximum atomic E-state index is 12.3. The minimum atomic E-state index is -0.120. The topological polar surface area (TPSA) is 52.7 Å². The van der Waals surface area contributed by atoms with Gasteiger partial charge in [0.25, 0.3) is 0 Å². The molecule has 0 aliphatic carbocycles. The predicted octanol–water partition coefficient (Wildman–Crippen LogP) is 2.60. The lowest BCUT2D eigenvalue weighted by Crippen LogP contribution is -2.42. The quantitative estimate of drug-likeness (QED) is 0.745. The van der Waals surface area contributed by atoms with Crippen LogP contribution in [0.1, 0.15) is 25.0 Å². The van der Waals surface area contributed by atoms with Crippen molar-refractivity contribution in [3.05, 3.63) is 41.5 Å². The van der Waals surface area contributed by atoms with Gasteiger partial charge < -0.3 is 10.2 Å². The first-order chi connectivity index (χ1) is 11.2. The molecule has 0 atom stereocenters. The summed E-state index contributed by atoms with van der Waals surface area (Å²) in [5, 5.41) is 2.94. The van der Waals surface area contributed by atoms with Crippen molar-refractivity contribution in [1.82, 2.24) is 9.80 Å². The van der Waals surface area contributed by atoms with Crippen LogP contribution in [0.4, 0.5) is 5.69 Å². The fourth-order valence-corrected chi connectivity index (χ4v) is 2.52. The highest BCUT2D eigenvalue weighted by molar-refractivity contribution is 5.94. The van der Waals surface area contributed by atoms with Gasteiger partial charge in [0.15, 0.2) is 0 Å². The third-order valence-electron chi connectivity index (χ3n) is 3.76. The highest BCUT2D eigenvalue weighted by atomic mass is 16.2. The number of likely N-dealkylation sites (N-methyl/N-ethyl adjacent to an activating group) is 2. The Kier molecular flexibility index (Phi) is 7.65. The van der Waals surface area contributed by atoms with Crippen LogP contribution in [0.25, 0.3) is 0 Å². The van der Waals surface area contributed by atoms with Crippen molar-refractivity contribution in [1.29, 1.82) is 0 Å². The van der Waals surface area contributed by atoms with Crippen molar-refractivity contribution in [3.8, 4) is 0 Å². The second-order valence-electron chi connectivity index (χ2n) is 6.35. The minimum Gasteiger partial charge on any atom is -0.338 e. The molecule has 5 nitrogen and oxygen atoms in total. The van der Waals surface area contributed by atoms with Crippen molar-refractivity contribution in [2.24, 2.45) is 0 Å². The van der Waals surface area contributed by atoms with E-state index in [9.17, 15) is 9.59 Å². The number of nitrogens with one attached hydrogen (secondary N) is 1. The Hall–Kier alpha value is -2.14. The molecule has 0 saturated carbocycles. The number of rotatable bonds is 8. The summed E-state index contributed by atoms with van der Waals surface area (Å²) in [4.78, 5) is 28.0. The minimum absolute atomic E-state index is 0.00266. The summed E-state index contributed by atoms with van der Waals surface area (Å²) in [6.45, 7) is 13.2. The zero-order valence-electron chi connectivity index (χ0n) is 15.5. The fraction of sp³-hybridized carbons (Fsp3) is 0.474. The van der Waals surface area contributed by atoms with Crippen LogP contribution in [0.5, 0.6) is 0 Å². The van der Waals surface area contributed by atoms with Crippen LogP contribution in [0.3, 0.4) is 0 Å². The van der Waals surface area contributed by atoms with Crippen LogP contribution in [0, 0.1) is 13.8 Å². The summed E-state index contributed by atoms with van der Waals surface area (Å²) in [5.74, 6) is -0.117. The Morgan fingerprint density at radius 3 is 2.21 bits per heavy atom. The summed E-state index contributed by atoms with van der Waals surface area (Å²) in [7, 11) is 1.77. The monoisotopic (exact) mass is 331 g/mol. The molecule has 0 aliphatic rings. The Morgan fingerprint density at radius 2 is 1.71 bits per heavy atom. The van der Waals surface area contributed by atoms with Gasteiger partial charge in [-0.05, 0) is 45.9 Å². The first-order valence-electron chi connectivity index (χ1n) is 8.21. The molecular weight excluding hydrogens is 302 g/mol. The number of carbonyl (C=O) groups is 2. The summed E-state index contributed by atoms with van der Waals surface area (Å²) in [6, 6.07) is 5.89. The lowest BCUT2D eigenvalue weighted by molar-refractivity contribution is -0.131. The van der Waals surface area contributed by atoms with E-state index in [1.165, 1.54) is 0 Å². The summed E-state index contributed by atoms with van der Waals surface area (Å²) >= 11 is 0. The summed E-state index contributed by atoms with van der Waals surface area (Å²) in [5.41, 5.74) is 3.85. The first kappa shape index (κ1) is 19.9. The first-order valence-corrected chi connectivity index (χ1v) is 8.21. The Bertz CT molecular complexity index is 590. The molecule has 24 heavy (non-hydrogen) atoms. The second kappa shape index (κ2) is 9.23. The largest absolute Gasteiger partial charge is 0.338 e. The smallest absolute Gasteiger partial charge is 0.238 e. The maximum Gasteiger partial charge on any atom is 0.238 e. The summed E-state index contributed by atoms with van der Waals surface area (Å²) in [6.07, 6.45) is 0. The van der Waals surface area contributed by atoms with E-state index < -0.39 is 0 Å². The average molecular weight is 331 g/mol. The maximum absolute atomic E-state index is 12.3. The molecule has 132 valence electrons. The predicted molar refractivity (Wildman–Crippen MR) is 99.1 cm³/mol. The van der Waals surface area contributed by atoms with E-state index in [-0.39, 0.29) is 24.9 Å². The number of amides is 2. The molecule has 1 rings (SSSR count). The van der Waals surface area contributed by atoms with Gasteiger partial charge >= 0.3 is 0 Å². The Labute approximate surface area is 145 Å². The van der Waals surface area contributed by atoms with Crippen molar-refractivity contribution in [2.75, 3.05) is 38.5 Å². The average Bonchev–Trinajstić information content (AvgIpc) is 2.48. The SMILES string of the molecule is C=C(C)CN(CC)C(=O)CN(C)CC(=O)Nc1c(C)cccc1C. The zero-order chi connectivity index (χ0) is 18.3. The Morgan fingerprint density at radius 1 is 1.12 bits per heavy atom. The van der Waals surface area contributed by atoms with E-state index >= 15 is 0 Å². The molecule has 0 spiro atoms.